The van der Waals surface area contributed by atoms with E-state index in [-0.39, 0.29) is 9.92 Å². The molecule has 1 rings (SSSR count). The third-order valence-electron chi connectivity index (χ3n) is 2.85. The predicted octanol–water partition coefficient (Wildman–Crippen LogP) is 2.48. The Balaban J connectivity index is 2.15. The van der Waals surface area contributed by atoms with Gasteiger partial charge in [-0.25, -0.2) is 0 Å². The normalized spacial score (nSPS) is 11.1. The van der Waals surface area contributed by atoms with Gasteiger partial charge in [0.1, 0.15) is 0 Å². The first-order valence-electron chi connectivity index (χ1n) is 6.33. The zero-order chi connectivity index (χ0) is 13.4. The summed E-state index contributed by atoms with van der Waals surface area (Å²) < 4.78 is 0. The number of hydrogen-bond acceptors (Lipinski definition) is 5. The van der Waals surface area contributed by atoms with Gasteiger partial charge >= 0.3 is 5.00 Å². The van der Waals surface area contributed by atoms with E-state index in [1.807, 2.05) is 6.07 Å². The second kappa shape index (κ2) is 8.18. The summed E-state index contributed by atoms with van der Waals surface area (Å²) in [4.78, 5) is 13.6. The lowest BCUT2D eigenvalue weighted by atomic mass is 10.3. The molecule has 0 saturated heterocycles. The molecule has 6 heteroatoms. The molecule has 0 aliphatic rings. The Kier molecular flexibility index (Phi) is 6.85. The molecule has 5 nitrogen and oxygen atoms in total. The van der Waals surface area contributed by atoms with E-state index in [9.17, 15) is 10.1 Å². The topological polar surface area (TPSA) is 58.4 Å². The minimum Gasteiger partial charge on any atom is -0.312 e. The van der Waals surface area contributed by atoms with Gasteiger partial charge < -0.3 is 10.2 Å². The maximum atomic E-state index is 10.5. The van der Waals surface area contributed by atoms with Gasteiger partial charge in [0.15, 0.2) is 0 Å². The fourth-order valence-electron chi connectivity index (χ4n) is 1.74. The lowest BCUT2D eigenvalue weighted by molar-refractivity contribution is -0.380. The molecule has 0 atom stereocenters. The molecule has 0 bridgehead atoms. The molecule has 0 saturated carbocycles. The summed E-state index contributed by atoms with van der Waals surface area (Å²) in [5, 5.41) is 14.1. The van der Waals surface area contributed by atoms with Gasteiger partial charge in [0.05, 0.1) is 4.92 Å². The lowest BCUT2D eigenvalue weighted by Gasteiger charge is -2.17. The zero-order valence-electron chi connectivity index (χ0n) is 11.0. The average Bonchev–Trinajstić information content (AvgIpc) is 2.83. The van der Waals surface area contributed by atoms with Crippen LogP contribution in [-0.4, -0.2) is 36.0 Å². The van der Waals surface area contributed by atoms with E-state index in [1.165, 1.54) is 11.3 Å². The van der Waals surface area contributed by atoms with Gasteiger partial charge in [0.25, 0.3) is 0 Å². The molecule has 0 unspecified atom stereocenters. The Morgan fingerprint density at radius 3 is 2.67 bits per heavy atom. The van der Waals surface area contributed by atoms with E-state index in [0.717, 1.165) is 44.0 Å². The average molecular weight is 271 g/mol. The van der Waals surface area contributed by atoms with Crippen molar-refractivity contribution in [2.75, 3.05) is 26.2 Å². The molecule has 0 radical (unpaired) electrons. The molecule has 0 amide bonds. The lowest BCUT2D eigenvalue weighted by Crippen LogP contribution is -2.27. The summed E-state index contributed by atoms with van der Waals surface area (Å²) in [5.74, 6) is 0. The van der Waals surface area contributed by atoms with Crippen molar-refractivity contribution in [2.24, 2.45) is 0 Å². The summed E-state index contributed by atoms with van der Waals surface area (Å²) in [6.45, 7) is 9.29. The minimum atomic E-state index is -0.339. The highest BCUT2D eigenvalue weighted by Crippen LogP contribution is 2.23. The van der Waals surface area contributed by atoms with Crippen LogP contribution in [-0.2, 0) is 6.54 Å². The molecule has 1 N–H and O–H groups in total. The van der Waals surface area contributed by atoms with Crippen molar-refractivity contribution >= 4 is 16.3 Å². The van der Waals surface area contributed by atoms with Crippen molar-refractivity contribution in [1.29, 1.82) is 0 Å². The van der Waals surface area contributed by atoms with Crippen LogP contribution >= 0.6 is 11.3 Å². The molecule has 18 heavy (non-hydrogen) atoms. The molecule has 0 fully saturated rings. The van der Waals surface area contributed by atoms with Crippen LogP contribution in [0.15, 0.2) is 12.1 Å². The Hall–Kier alpha value is -0.980. The van der Waals surface area contributed by atoms with E-state index < -0.39 is 0 Å². The highest BCUT2D eigenvalue weighted by molar-refractivity contribution is 7.15. The van der Waals surface area contributed by atoms with Crippen molar-refractivity contribution in [3.8, 4) is 0 Å². The number of thiophene rings is 1. The fourth-order valence-corrected chi connectivity index (χ4v) is 2.53. The second-order valence-corrected chi connectivity index (χ2v) is 5.20. The third-order valence-corrected chi connectivity index (χ3v) is 3.89. The quantitative estimate of drug-likeness (QED) is 0.426. The Bertz CT molecular complexity index is 364. The molecule has 0 aromatic carbocycles. The van der Waals surface area contributed by atoms with Crippen molar-refractivity contribution in [3.05, 3.63) is 27.1 Å². The first-order chi connectivity index (χ1) is 8.67. The molecule has 1 aromatic heterocycles. The van der Waals surface area contributed by atoms with Crippen molar-refractivity contribution < 1.29 is 4.92 Å². The summed E-state index contributed by atoms with van der Waals surface area (Å²) in [5.41, 5.74) is 0. The standard InChI is InChI=1S/C12H21N3O2S/c1-3-14(4-2)9-5-8-13-10-11-6-7-12(18-11)15(16)17/h6-7,13H,3-5,8-10H2,1-2H3. The van der Waals surface area contributed by atoms with Crippen molar-refractivity contribution in [1.82, 2.24) is 10.2 Å². The molecule has 102 valence electrons. The molecule has 1 aromatic rings. The second-order valence-electron chi connectivity index (χ2n) is 4.05. The van der Waals surface area contributed by atoms with Crippen LogP contribution in [0.5, 0.6) is 0 Å². The van der Waals surface area contributed by atoms with E-state index >= 15 is 0 Å². The summed E-state index contributed by atoms with van der Waals surface area (Å²) >= 11 is 1.24. The monoisotopic (exact) mass is 271 g/mol. The highest BCUT2D eigenvalue weighted by atomic mass is 32.1. The van der Waals surface area contributed by atoms with Gasteiger partial charge in [0, 0.05) is 17.5 Å². The largest absolute Gasteiger partial charge is 0.324 e. The molecule has 1 heterocycles. The number of nitrogens with zero attached hydrogens (tertiary/aromatic N) is 2. The van der Waals surface area contributed by atoms with E-state index in [0.29, 0.717) is 0 Å². The molecular formula is C12H21N3O2S. The van der Waals surface area contributed by atoms with E-state index in [4.69, 9.17) is 0 Å². The van der Waals surface area contributed by atoms with Crippen LogP contribution in [0.1, 0.15) is 25.1 Å². The van der Waals surface area contributed by atoms with E-state index in [2.05, 4.69) is 24.1 Å². The number of nitrogens with one attached hydrogen (secondary N) is 1. The Morgan fingerprint density at radius 2 is 2.11 bits per heavy atom. The SMILES string of the molecule is CCN(CC)CCCNCc1ccc([N+](=O)[O-])s1. The van der Waals surface area contributed by atoms with Gasteiger partial charge in [-0.1, -0.05) is 25.2 Å². The number of hydrogen-bond donors (Lipinski definition) is 1. The first kappa shape index (κ1) is 15.1. The van der Waals surface area contributed by atoms with Gasteiger partial charge in [-0.3, -0.25) is 10.1 Å². The molecule has 0 spiro atoms. The maximum Gasteiger partial charge on any atom is 0.324 e. The molecule has 0 aliphatic heterocycles. The Morgan fingerprint density at radius 1 is 1.39 bits per heavy atom. The first-order valence-corrected chi connectivity index (χ1v) is 7.15. The summed E-state index contributed by atoms with van der Waals surface area (Å²) in [6.07, 6.45) is 1.11. The number of nitro groups is 1. The molecular weight excluding hydrogens is 250 g/mol. The van der Waals surface area contributed by atoms with Gasteiger partial charge in [-0.05, 0) is 38.7 Å². The predicted molar refractivity (Wildman–Crippen MR) is 75.1 cm³/mol. The minimum absolute atomic E-state index is 0.218. The zero-order valence-corrected chi connectivity index (χ0v) is 11.8. The fraction of sp³-hybridized carbons (Fsp3) is 0.667. The van der Waals surface area contributed by atoms with Crippen LogP contribution in [0, 0.1) is 10.1 Å². The highest BCUT2D eigenvalue weighted by Gasteiger charge is 2.08. The van der Waals surface area contributed by atoms with Crippen molar-refractivity contribution in [3.63, 3.8) is 0 Å². The summed E-state index contributed by atoms with van der Waals surface area (Å²) in [7, 11) is 0. The van der Waals surface area contributed by atoms with Crippen LogP contribution in [0.25, 0.3) is 0 Å². The van der Waals surface area contributed by atoms with Crippen LogP contribution in [0.3, 0.4) is 0 Å². The van der Waals surface area contributed by atoms with Gasteiger partial charge in [-0.2, -0.15) is 0 Å². The van der Waals surface area contributed by atoms with Crippen LogP contribution in [0.2, 0.25) is 0 Å². The number of rotatable bonds is 9. The van der Waals surface area contributed by atoms with E-state index in [1.54, 1.807) is 6.07 Å². The Labute approximate surface area is 112 Å². The van der Waals surface area contributed by atoms with Gasteiger partial charge in [-0.15, -0.1) is 0 Å². The van der Waals surface area contributed by atoms with Crippen molar-refractivity contribution in [2.45, 2.75) is 26.8 Å². The van der Waals surface area contributed by atoms with Crippen LogP contribution in [0.4, 0.5) is 5.00 Å². The third kappa shape index (κ3) is 5.12. The summed E-state index contributed by atoms with van der Waals surface area (Å²) in [6, 6.07) is 3.39. The smallest absolute Gasteiger partial charge is 0.312 e. The maximum absolute atomic E-state index is 10.5. The molecule has 0 aliphatic carbocycles. The van der Waals surface area contributed by atoms with Gasteiger partial charge in [0.2, 0.25) is 0 Å². The van der Waals surface area contributed by atoms with Crippen LogP contribution < -0.4 is 5.32 Å².